The molecule has 5 heteroatoms. The van der Waals surface area contributed by atoms with Crippen LogP contribution >= 0.6 is 0 Å². The number of nitrogens with two attached hydrogens (primary N) is 1. The minimum absolute atomic E-state index is 0.260. The first-order chi connectivity index (χ1) is 9.13. The Morgan fingerprint density at radius 1 is 1.32 bits per heavy atom. The topological polar surface area (TPSA) is 70.8 Å². The lowest BCUT2D eigenvalue weighted by molar-refractivity contribution is -0.140. The maximum absolute atomic E-state index is 11.1. The third-order valence-corrected chi connectivity index (χ3v) is 2.74. The number of methoxy groups -OCH3 is 2. The number of nitrogen functional groups attached to an aromatic ring is 1. The number of anilines is 1. The molecule has 1 aromatic carbocycles. The van der Waals surface area contributed by atoms with E-state index in [2.05, 4.69) is 4.74 Å². The average molecular weight is 267 g/mol. The molecule has 1 rings (SSSR count). The largest absolute Gasteiger partial charge is 0.491 e. The molecule has 106 valence electrons. The molecule has 0 amide bonds. The maximum atomic E-state index is 11.1. The molecule has 0 atom stereocenters. The Labute approximate surface area is 113 Å². The second kappa shape index (κ2) is 7.51. The first-order valence-electron chi connectivity index (χ1n) is 6.29. The minimum Gasteiger partial charge on any atom is -0.491 e. The SMILES string of the molecule is CCCOc1ccc(CCC(=O)OC)c(N)c1OC. The minimum atomic E-state index is -0.260. The number of ether oxygens (including phenoxy) is 3. The fourth-order valence-corrected chi connectivity index (χ4v) is 1.71. The standard InChI is InChI=1S/C14H21NO4/c1-4-9-19-11-7-5-10(6-8-12(16)17-2)13(15)14(11)18-3/h5,7H,4,6,8-9,15H2,1-3H3. The Kier molecular flexibility index (Phi) is 5.99. The van der Waals surface area contributed by atoms with Gasteiger partial charge in [0.2, 0.25) is 0 Å². The van der Waals surface area contributed by atoms with Crippen molar-refractivity contribution in [1.29, 1.82) is 0 Å². The number of hydrogen-bond donors (Lipinski definition) is 1. The van der Waals surface area contributed by atoms with Gasteiger partial charge in [-0.3, -0.25) is 4.79 Å². The van der Waals surface area contributed by atoms with E-state index in [1.807, 2.05) is 19.1 Å². The lowest BCUT2D eigenvalue weighted by atomic mass is 10.1. The molecule has 0 fully saturated rings. The Hall–Kier alpha value is -1.91. The molecule has 19 heavy (non-hydrogen) atoms. The van der Waals surface area contributed by atoms with Crippen LogP contribution in [-0.4, -0.2) is 26.8 Å². The van der Waals surface area contributed by atoms with Crippen molar-refractivity contribution < 1.29 is 19.0 Å². The molecule has 0 heterocycles. The average Bonchev–Trinajstić information content (AvgIpc) is 2.43. The second-order valence-electron chi connectivity index (χ2n) is 4.09. The Morgan fingerprint density at radius 3 is 2.63 bits per heavy atom. The molecule has 0 bridgehead atoms. The van der Waals surface area contributed by atoms with Gasteiger partial charge in [-0.25, -0.2) is 0 Å². The summed E-state index contributed by atoms with van der Waals surface area (Å²) in [6, 6.07) is 3.67. The van der Waals surface area contributed by atoms with E-state index >= 15 is 0 Å². The van der Waals surface area contributed by atoms with Crippen LogP contribution in [0.1, 0.15) is 25.3 Å². The zero-order valence-corrected chi connectivity index (χ0v) is 11.7. The summed E-state index contributed by atoms with van der Waals surface area (Å²) in [6.45, 7) is 2.64. The monoisotopic (exact) mass is 267 g/mol. The van der Waals surface area contributed by atoms with Crippen LogP contribution in [0.2, 0.25) is 0 Å². The molecule has 0 aromatic heterocycles. The van der Waals surface area contributed by atoms with Crippen LogP contribution in [0, 0.1) is 0 Å². The van der Waals surface area contributed by atoms with Gasteiger partial charge in [0.1, 0.15) is 0 Å². The van der Waals surface area contributed by atoms with Gasteiger partial charge in [0.15, 0.2) is 11.5 Å². The molecule has 0 spiro atoms. The van der Waals surface area contributed by atoms with Gasteiger partial charge in [-0.2, -0.15) is 0 Å². The molecular formula is C14H21NO4. The van der Waals surface area contributed by atoms with Crippen molar-refractivity contribution in [1.82, 2.24) is 0 Å². The number of hydrogen-bond acceptors (Lipinski definition) is 5. The molecule has 0 aliphatic carbocycles. The number of aryl methyl sites for hydroxylation is 1. The number of benzene rings is 1. The molecule has 2 N–H and O–H groups in total. The van der Waals surface area contributed by atoms with Crippen molar-refractivity contribution in [2.24, 2.45) is 0 Å². The maximum Gasteiger partial charge on any atom is 0.305 e. The van der Waals surface area contributed by atoms with Gasteiger partial charge in [-0.15, -0.1) is 0 Å². The predicted octanol–water partition coefficient (Wildman–Crippen LogP) is 2.17. The highest BCUT2D eigenvalue weighted by atomic mass is 16.5. The number of rotatable bonds is 7. The number of esters is 1. The second-order valence-corrected chi connectivity index (χ2v) is 4.09. The van der Waals surface area contributed by atoms with E-state index in [0.717, 1.165) is 12.0 Å². The van der Waals surface area contributed by atoms with Crippen LogP contribution in [0.15, 0.2) is 12.1 Å². The third kappa shape index (κ3) is 4.05. The van der Waals surface area contributed by atoms with E-state index < -0.39 is 0 Å². The number of carbonyl (C=O) groups is 1. The van der Waals surface area contributed by atoms with Gasteiger partial charge in [0, 0.05) is 6.42 Å². The molecule has 0 aliphatic heterocycles. The fourth-order valence-electron chi connectivity index (χ4n) is 1.71. The molecule has 0 saturated heterocycles. The van der Waals surface area contributed by atoms with Crippen molar-refractivity contribution >= 4 is 11.7 Å². The molecular weight excluding hydrogens is 246 g/mol. The van der Waals surface area contributed by atoms with Crippen LogP contribution in [-0.2, 0) is 16.0 Å². The highest BCUT2D eigenvalue weighted by Gasteiger charge is 2.13. The summed E-state index contributed by atoms with van der Waals surface area (Å²) in [6.07, 6.45) is 1.72. The van der Waals surface area contributed by atoms with Gasteiger partial charge >= 0.3 is 5.97 Å². The predicted molar refractivity (Wildman–Crippen MR) is 73.5 cm³/mol. The van der Waals surface area contributed by atoms with Gasteiger partial charge in [0.05, 0.1) is 26.5 Å². The Bertz CT molecular complexity index is 432. The summed E-state index contributed by atoms with van der Waals surface area (Å²) in [7, 11) is 2.92. The summed E-state index contributed by atoms with van der Waals surface area (Å²) in [4.78, 5) is 11.1. The van der Waals surface area contributed by atoms with E-state index in [9.17, 15) is 4.79 Å². The summed E-state index contributed by atoms with van der Waals surface area (Å²) in [5.74, 6) is 0.893. The smallest absolute Gasteiger partial charge is 0.305 e. The quantitative estimate of drug-likeness (QED) is 0.605. The summed E-state index contributed by atoms with van der Waals surface area (Å²) >= 11 is 0. The van der Waals surface area contributed by atoms with E-state index in [1.54, 1.807) is 7.11 Å². The zero-order valence-electron chi connectivity index (χ0n) is 11.7. The van der Waals surface area contributed by atoms with Crippen LogP contribution in [0.5, 0.6) is 11.5 Å². The fraction of sp³-hybridized carbons (Fsp3) is 0.500. The van der Waals surface area contributed by atoms with Gasteiger partial charge < -0.3 is 19.9 Å². The Morgan fingerprint density at radius 2 is 2.05 bits per heavy atom. The molecule has 0 unspecified atom stereocenters. The first-order valence-corrected chi connectivity index (χ1v) is 6.29. The summed E-state index contributed by atoms with van der Waals surface area (Å²) in [5.41, 5.74) is 7.40. The third-order valence-electron chi connectivity index (χ3n) is 2.74. The molecule has 5 nitrogen and oxygen atoms in total. The summed E-state index contributed by atoms with van der Waals surface area (Å²) < 4.78 is 15.5. The first kappa shape index (κ1) is 15.1. The summed E-state index contributed by atoms with van der Waals surface area (Å²) in [5, 5.41) is 0. The van der Waals surface area contributed by atoms with Gasteiger partial charge in [-0.1, -0.05) is 13.0 Å². The van der Waals surface area contributed by atoms with Crippen LogP contribution in [0.25, 0.3) is 0 Å². The van der Waals surface area contributed by atoms with Crippen molar-refractivity contribution in [3.63, 3.8) is 0 Å². The lowest BCUT2D eigenvalue weighted by Gasteiger charge is -2.15. The van der Waals surface area contributed by atoms with Crippen molar-refractivity contribution in [2.45, 2.75) is 26.2 Å². The number of carbonyl (C=O) groups excluding carboxylic acids is 1. The van der Waals surface area contributed by atoms with Crippen LogP contribution in [0.4, 0.5) is 5.69 Å². The highest BCUT2D eigenvalue weighted by Crippen LogP contribution is 2.36. The molecule has 1 aromatic rings. The van der Waals surface area contributed by atoms with E-state index in [4.69, 9.17) is 15.2 Å². The normalized spacial score (nSPS) is 10.1. The molecule has 0 aliphatic rings. The van der Waals surface area contributed by atoms with Crippen LogP contribution < -0.4 is 15.2 Å². The van der Waals surface area contributed by atoms with Crippen molar-refractivity contribution in [3.8, 4) is 11.5 Å². The van der Waals surface area contributed by atoms with E-state index in [1.165, 1.54) is 7.11 Å². The van der Waals surface area contributed by atoms with Crippen molar-refractivity contribution in [3.05, 3.63) is 17.7 Å². The van der Waals surface area contributed by atoms with Crippen molar-refractivity contribution in [2.75, 3.05) is 26.6 Å². The van der Waals surface area contributed by atoms with Gasteiger partial charge in [-0.05, 0) is 24.5 Å². The van der Waals surface area contributed by atoms with E-state index in [0.29, 0.717) is 36.6 Å². The van der Waals surface area contributed by atoms with Gasteiger partial charge in [0.25, 0.3) is 0 Å². The molecule has 0 radical (unpaired) electrons. The Balaban J connectivity index is 2.87. The zero-order chi connectivity index (χ0) is 14.3. The molecule has 0 saturated carbocycles. The van der Waals surface area contributed by atoms with Crippen LogP contribution in [0.3, 0.4) is 0 Å². The lowest BCUT2D eigenvalue weighted by Crippen LogP contribution is -2.06. The van der Waals surface area contributed by atoms with E-state index in [-0.39, 0.29) is 5.97 Å². The highest BCUT2D eigenvalue weighted by molar-refractivity contribution is 5.71.